The van der Waals surface area contributed by atoms with Gasteiger partial charge in [-0.2, -0.15) is 5.10 Å². The normalized spacial score (nSPS) is 19.6. The van der Waals surface area contributed by atoms with Crippen LogP contribution in [0.1, 0.15) is 24.5 Å². The van der Waals surface area contributed by atoms with E-state index in [2.05, 4.69) is 15.5 Å². The second kappa shape index (κ2) is 5.09. The molecule has 19 heavy (non-hydrogen) atoms. The van der Waals surface area contributed by atoms with Crippen molar-refractivity contribution < 1.29 is 8.78 Å². The van der Waals surface area contributed by atoms with Gasteiger partial charge < -0.3 is 5.32 Å². The predicted molar refractivity (Wildman–Crippen MR) is 68.8 cm³/mol. The Morgan fingerprint density at radius 1 is 1.21 bits per heavy atom. The van der Waals surface area contributed by atoms with Gasteiger partial charge in [-0.15, -0.1) is 0 Å². The number of hydrogen-bond donors (Lipinski definition) is 2. The van der Waals surface area contributed by atoms with Gasteiger partial charge in [0.2, 0.25) is 0 Å². The molecule has 1 atom stereocenters. The summed E-state index contributed by atoms with van der Waals surface area (Å²) in [6.07, 6.45) is 3.86. The van der Waals surface area contributed by atoms with Crippen LogP contribution in [0.4, 0.5) is 8.78 Å². The Labute approximate surface area is 110 Å². The van der Waals surface area contributed by atoms with Gasteiger partial charge in [-0.25, -0.2) is 8.78 Å². The smallest absolute Gasteiger partial charge is 0.159 e. The van der Waals surface area contributed by atoms with Crippen LogP contribution in [0.25, 0.3) is 11.1 Å². The number of aromatic nitrogens is 2. The molecule has 100 valence electrons. The maximum Gasteiger partial charge on any atom is 0.159 e. The van der Waals surface area contributed by atoms with Crippen LogP contribution in [0.5, 0.6) is 0 Å². The summed E-state index contributed by atoms with van der Waals surface area (Å²) in [6.45, 7) is 1.92. The summed E-state index contributed by atoms with van der Waals surface area (Å²) in [4.78, 5) is 0. The zero-order chi connectivity index (χ0) is 13.2. The van der Waals surface area contributed by atoms with E-state index in [1.165, 1.54) is 6.07 Å². The fourth-order valence-electron chi connectivity index (χ4n) is 2.60. The lowest BCUT2D eigenvalue weighted by molar-refractivity contribution is 0.455. The minimum absolute atomic E-state index is 0.347. The van der Waals surface area contributed by atoms with Crippen molar-refractivity contribution >= 4 is 0 Å². The van der Waals surface area contributed by atoms with E-state index in [-0.39, 0.29) is 0 Å². The number of nitrogens with one attached hydrogen (secondary N) is 2. The van der Waals surface area contributed by atoms with Crippen molar-refractivity contribution in [3.63, 3.8) is 0 Å². The molecule has 1 saturated heterocycles. The highest BCUT2D eigenvalue weighted by atomic mass is 19.2. The summed E-state index contributed by atoms with van der Waals surface area (Å²) in [7, 11) is 0. The zero-order valence-electron chi connectivity index (χ0n) is 10.4. The molecule has 1 aliphatic rings. The van der Waals surface area contributed by atoms with Crippen molar-refractivity contribution in [2.45, 2.75) is 18.8 Å². The van der Waals surface area contributed by atoms with E-state index in [9.17, 15) is 8.78 Å². The first kappa shape index (κ1) is 12.3. The second-order valence-electron chi connectivity index (χ2n) is 4.87. The van der Waals surface area contributed by atoms with Gasteiger partial charge in [0.1, 0.15) is 0 Å². The minimum Gasteiger partial charge on any atom is -0.316 e. The second-order valence-corrected chi connectivity index (χ2v) is 4.87. The Balaban J connectivity index is 1.96. The number of piperidine rings is 1. The zero-order valence-corrected chi connectivity index (χ0v) is 10.4. The van der Waals surface area contributed by atoms with Crippen molar-refractivity contribution in [1.82, 2.24) is 15.5 Å². The number of rotatable bonds is 2. The summed E-state index contributed by atoms with van der Waals surface area (Å²) in [6, 6.07) is 3.96. The molecule has 1 aromatic heterocycles. The van der Waals surface area contributed by atoms with Crippen LogP contribution in [-0.2, 0) is 0 Å². The van der Waals surface area contributed by atoms with Crippen molar-refractivity contribution in [3.8, 4) is 11.1 Å². The third-order valence-electron chi connectivity index (χ3n) is 3.60. The molecular weight excluding hydrogens is 248 g/mol. The van der Waals surface area contributed by atoms with E-state index < -0.39 is 11.6 Å². The molecule has 0 spiro atoms. The van der Waals surface area contributed by atoms with E-state index in [0.717, 1.165) is 43.3 Å². The van der Waals surface area contributed by atoms with Crippen molar-refractivity contribution in [1.29, 1.82) is 0 Å². The summed E-state index contributed by atoms with van der Waals surface area (Å²) in [5.74, 6) is -1.31. The Bertz CT molecular complexity index is 574. The maximum absolute atomic E-state index is 13.3. The van der Waals surface area contributed by atoms with Gasteiger partial charge in [0, 0.05) is 23.7 Å². The van der Waals surface area contributed by atoms with Gasteiger partial charge >= 0.3 is 0 Å². The Kier molecular flexibility index (Phi) is 3.29. The first-order valence-electron chi connectivity index (χ1n) is 6.45. The fraction of sp³-hybridized carbons (Fsp3) is 0.357. The topological polar surface area (TPSA) is 40.7 Å². The SMILES string of the molecule is Fc1ccc(-c2cn[nH]c2C2CCCNC2)cc1F. The molecule has 1 fully saturated rings. The molecule has 1 aromatic carbocycles. The molecule has 3 rings (SSSR count). The fourth-order valence-corrected chi connectivity index (χ4v) is 2.60. The highest BCUT2D eigenvalue weighted by Gasteiger charge is 2.21. The van der Waals surface area contributed by atoms with Crippen LogP contribution >= 0.6 is 0 Å². The molecule has 1 unspecified atom stereocenters. The van der Waals surface area contributed by atoms with E-state index in [4.69, 9.17) is 0 Å². The summed E-state index contributed by atoms with van der Waals surface area (Å²) in [5.41, 5.74) is 2.51. The lowest BCUT2D eigenvalue weighted by Gasteiger charge is -2.22. The molecule has 0 aliphatic carbocycles. The van der Waals surface area contributed by atoms with Crippen molar-refractivity contribution in [2.24, 2.45) is 0 Å². The molecule has 0 saturated carbocycles. The van der Waals surface area contributed by atoms with Crippen LogP contribution in [0, 0.1) is 11.6 Å². The molecule has 0 radical (unpaired) electrons. The predicted octanol–water partition coefficient (Wildman–Crippen LogP) is 2.82. The molecule has 5 heteroatoms. The lowest BCUT2D eigenvalue weighted by Crippen LogP contribution is -2.28. The average Bonchev–Trinajstić information content (AvgIpc) is 2.92. The van der Waals surface area contributed by atoms with Crippen LogP contribution in [0.2, 0.25) is 0 Å². The molecule has 2 heterocycles. The number of hydrogen-bond acceptors (Lipinski definition) is 2. The van der Waals surface area contributed by atoms with E-state index in [0.29, 0.717) is 11.5 Å². The Hall–Kier alpha value is -1.75. The van der Waals surface area contributed by atoms with Gasteiger partial charge in [-0.05, 0) is 37.1 Å². The summed E-state index contributed by atoms with van der Waals surface area (Å²) >= 11 is 0. The first-order chi connectivity index (χ1) is 9.25. The first-order valence-corrected chi connectivity index (χ1v) is 6.45. The van der Waals surface area contributed by atoms with Crippen LogP contribution in [0.3, 0.4) is 0 Å². The number of halogens is 2. The molecule has 1 aliphatic heterocycles. The third-order valence-corrected chi connectivity index (χ3v) is 3.60. The van der Waals surface area contributed by atoms with E-state index in [1.54, 1.807) is 12.3 Å². The largest absolute Gasteiger partial charge is 0.316 e. The number of benzene rings is 1. The average molecular weight is 263 g/mol. The van der Waals surface area contributed by atoms with Gasteiger partial charge in [-0.3, -0.25) is 5.10 Å². The van der Waals surface area contributed by atoms with Gasteiger partial charge in [0.05, 0.1) is 6.20 Å². The number of nitrogens with zero attached hydrogens (tertiary/aromatic N) is 1. The third kappa shape index (κ3) is 2.38. The number of H-pyrrole nitrogens is 1. The van der Waals surface area contributed by atoms with Crippen LogP contribution in [0.15, 0.2) is 24.4 Å². The maximum atomic E-state index is 13.3. The quantitative estimate of drug-likeness (QED) is 0.874. The highest BCUT2D eigenvalue weighted by molar-refractivity contribution is 5.66. The summed E-state index contributed by atoms with van der Waals surface area (Å²) < 4.78 is 26.3. The molecule has 0 bridgehead atoms. The van der Waals surface area contributed by atoms with Crippen molar-refractivity contribution in [2.75, 3.05) is 13.1 Å². The van der Waals surface area contributed by atoms with Crippen LogP contribution in [-0.4, -0.2) is 23.3 Å². The van der Waals surface area contributed by atoms with Gasteiger partial charge in [-0.1, -0.05) is 6.07 Å². The molecule has 2 aromatic rings. The molecular formula is C14H15F2N3. The Morgan fingerprint density at radius 2 is 2.11 bits per heavy atom. The van der Waals surface area contributed by atoms with E-state index >= 15 is 0 Å². The molecule has 2 N–H and O–H groups in total. The van der Waals surface area contributed by atoms with Gasteiger partial charge in [0.25, 0.3) is 0 Å². The van der Waals surface area contributed by atoms with Crippen molar-refractivity contribution in [3.05, 3.63) is 41.7 Å². The lowest BCUT2D eigenvalue weighted by atomic mass is 9.91. The highest BCUT2D eigenvalue weighted by Crippen LogP contribution is 2.31. The summed E-state index contributed by atoms with van der Waals surface area (Å²) in [5, 5.41) is 10.4. The molecule has 3 nitrogen and oxygen atoms in total. The standard InChI is InChI=1S/C14H15F2N3/c15-12-4-3-9(6-13(12)16)11-8-18-19-14(11)10-2-1-5-17-7-10/h3-4,6,8,10,17H,1-2,5,7H2,(H,18,19). The molecule has 0 amide bonds. The number of aromatic amines is 1. The Morgan fingerprint density at radius 3 is 2.84 bits per heavy atom. The van der Waals surface area contributed by atoms with Crippen LogP contribution < -0.4 is 5.32 Å². The van der Waals surface area contributed by atoms with Gasteiger partial charge in [0.15, 0.2) is 11.6 Å². The monoisotopic (exact) mass is 263 g/mol. The van der Waals surface area contributed by atoms with E-state index in [1.807, 2.05) is 0 Å². The minimum atomic E-state index is -0.827.